The SMILES string of the molecule is C#CC(CCC)NC(=O)C1CCCCO1. The molecule has 1 aliphatic heterocycles. The van der Waals surface area contributed by atoms with Gasteiger partial charge in [0.25, 0.3) is 0 Å². The molecule has 1 fully saturated rings. The zero-order valence-corrected chi connectivity index (χ0v) is 9.29. The van der Waals surface area contributed by atoms with Crippen LogP contribution in [-0.2, 0) is 9.53 Å². The van der Waals surface area contributed by atoms with E-state index in [2.05, 4.69) is 11.2 Å². The van der Waals surface area contributed by atoms with Gasteiger partial charge in [0.05, 0.1) is 6.04 Å². The van der Waals surface area contributed by atoms with Crippen molar-refractivity contribution in [3.8, 4) is 12.3 Å². The Morgan fingerprint density at radius 1 is 1.67 bits per heavy atom. The monoisotopic (exact) mass is 209 g/mol. The average Bonchev–Trinajstić information content (AvgIpc) is 2.29. The second-order valence-corrected chi connectivity index (χ2v) is 3.87. The highest BCUT2D eigenvalue weighted by Gasteiger charge is 2.23. The fraction of sp³-hybridized carbons (Fsp3) is 0.750. The van der Waals surface area contributed by atoms with Crippen molar-refractivity contribution in [2.75, 3.05) is 6.61 Å². The molecule has 0 aliphatic carbocycles. The first-order valence-corrected chi connectivity index (χ1v) is 5.66. The molecule has 1 amide bonds. The van der Waals surface area contributed by atoms with Crippen molar-refractivity contribution in [1.29, 1.82) is 0 Å². The summed E-state index contributed by atoms with van der Waals surface area (Å²) in [5.41, 5.74) is 0. The van der Waals surface area contributed by atoms with Crippen molar-refractivity contribution in [2.24, 2.45) is 0 Å². The first kappa shape index (κ1) is 12.1. The molecule has 0 saturated carbocycles. The minimum Gasteiger partial charge on any atom is -0.368 e. The molecule has 0 aromatic rings. The third-order valence-corrected chi connectivity index (χ3v) is 2.57. The molecule has 0 spiro atoms. The molecule has 1 N–H and O–H groups in total. The zero-order chi connectivity index (χ0) is 11.1. The number of ether oxygens (including phenoxy) is 1. The summed E-state index contributed by atoms with van der Waals surface area (Å²) >= 11 is 0. The Morgan fingerprint density at radius 2 is 2.47 bits per heavy atom. The van der Waals surface area contributed by atoms with E-state index in [0.29, 0.717) is 6.61 Å². The average molecular weight is 209 g/mol. The first-order chi connectivity index (χ1) is 7.27. The van der Waals surface area contributed by atoms with Gasteiger partial charge in [-0.25, -0.2) is 0 Å². The maximum atomic E-state index is 11.7. The van der Waals surface area contributed by atoms with E-state index in [1.165, 1.54) is 0 Å². The van der Waals surface area contributed by atoms with Gasteiger partial charge in [-0.05, 0) is 25.7 Å². The zero-order valence-electron chi connectivity index (χ0n) is 9.29. The molecule has 2 unspecified atom stereocenters. The quantitative estimate of drug-likeness (QED) is 0.712. The number of amides is 1. The molecule has 1 rings (SSSR count). The standard InChI is InChI=1S/C12H19NO2/c1-3-7-10(4-2)13-12(14)11-8-5-6-9-15-11/h2,10-11H,3,5-9H2,1H3,(H,13,14). The Labute approximate surface area is 91.6 Å². The van der Waals surface area contributed by atoms with Crippen LogP contribution < -0.4 is 5.32 Å². The van der Waals surface area contributed by atoms with Crippen LogP contribution in [-0.4, -0.2) is 24.7 Å². The minimum absolute atomic E-state index is 0.0499. The van der Waals surface area contributed by atoms with Gasteiger partial charge in [0, 0.05) is 6.61 Å². The lowest BCUT2D eigenvalue weighted by atomic mass is 10.1. The van der Waals surface area contributed by atoms with Crippen LogP contribution in [0.1, 0.15) is 39.0 Å². The van der Waals surface area contributed by atoms with Gasteiger partial charge < -0.3 is 10.1 Å². The van der Waals surface area contributed by atoms with Crippen molar-refractivity contribution < 1.29 is 9.53 Å². The second-order valence-electron chi connectivity index (χ2n) is 3.87. The number of rotatable bonds is 4. The molecular formula is C12H19NO2. The van der Waals surface area contributed by atoms with Gasteiger partial charge in [-0.2, -0.15) is 0 Å². The number of carbonyl (C=O) groups excluding carboxylic acids is 1. The fourth-order valence-electron chi connectivity index (χ4n) is 1.70. The van der Waals surface area contributed by atoms with Crippen molar-refractivity contribution >= 4 is 5.91 Å². The summed E-state index contributed by atoms with van der Waals surface area (Å²) in [5.74, 6) is 2.54. The summed E-state index contributed by atoms with van der Waals surface area (Å²) in [6.07, 6.45) is 9.78. The predicted octanol–water partition coefficient (Wildman–Crippen LogP) is 1.47. The van der Waals surface area contributed by atoms with E-state index in [4.69, 9.17) is 11.2 Å². The topological polar surface area (TPSA) is 38.3 Å². The number of nitrogens with one attached hydrogen (secondary N) is 1. The van der Waals surface area contributed by atoms with Crippen molar-refractivity contribution in [1.82, 2.24) is 5.32 Å². The van der Waals surface area contributed by atoms with Crippen LogP contribution in [0.2, 0.25) is 0 Å². The van der Waals surface area contributed by atoms with Crippen molar-refractivity contribution in [3.63, 3.8) is 0 Å². The van der Waals surface area contributed by atoms with E-state index in [0.717, 1.165) is 32.1 Å². The van der Waals surface area contributed by atoms with Gasteiger partial charge in [0.1, 0.15) is 6.10 Å². The van der Waals surface area contributed by atoms with Crippen LogP contribution in [0.3, 0.4) is 0 Å². The minimum atomic E-state index is -0.286. The van der Waals surface area contributed by atoms with Crippen LogP contribution in [0, 0.1) is 12.3 Å². The van der Waals surface area contributed by atoms with E-state index in [1.807, 2.05) is 6.92 Å². The Bertz CT molecular complexity index is 238. The summed E-state index contributed by atoms with van der Waals surface area (Å²) < 4.78 is 5.38. The van der Waals surface area contributed by atoms with Crippen molar-refractivity contribution in [3.05, 3.63) is 0 Å². The fourth-order valence-corrected chi connectivity index (χ4v) is 1.70. The Hall–Kier alpha value is -1.01. The van der Waals surface area contributed by atoms with E-state index in [-0.39, 0.29) is 18.1 Å². The van der Waals surface area contributed by atoms with Gasteiger partial charge >= 0.3 is 0 Å². The lowest BCUT2D eigenvalue weighted by Gasteiger charge is -2.23. The van der Waals surface area contributed by atoms with Gasteiger partial charge in [0.15, 0.2) is 0 Å². The van der Waals surface area contributed by atoms with Gasteiger partial charge in [0.2, 0.25) is 5.91 Å². The van der Waals surface area contributed by atoms with Crippen LogP contribution >= 0.6 is 0 Å². The summed E-state index contributed by atoms with van der Waals surface area (Å²) in [7, 11) is 0. The molecule has 3 nitrogen and oxygen atoms in total. The molecule has 1 heterocycles. The van der Waals surface area contributed by atoms with Crippen LogP contribution in [0.15, 0.2) is 0 Å². The highest BCUT2D eigenvalue weighted by Crippen LogP contribution is 2.13. The van der Waals surface area contributed by atoms with Crippen LogP contribution in [0.5, 0.6) is 0 Å². The number of hydrogen-bond acceptors (Lipinski definition) is 2. The molecule has 0 bridgehead atoms. The molecular weight excluding hydrogens is 190 g/mol. The predicted molar refractivity (Wildman–Crippen MR) is 59.3 cm³/mol. The third-order valence-electron chi connectivity index (χ3n) is 2.57. The molecule has 84 valence electrons. The lowest BCUT2D eigenvalue weighted by molar-refractivity contribution is -0.135. The molecule has 1 aliphatic rings. The number of hydrogen-bond donors (Lipinski definition) is 1. The molecule has 3 heteroatoms. The maximum absolute atomic E-state index is 11.7. The Morgan fingerprint density at radius 3 is 3.00 bits per heavy atom. The third kappa shape index (κ3) is 3.93. The van der Waals surface area contributed by atoms with Gasteiger partial charge in [-0.3, -0.25) is 4.79 Å². The van der Waals surface area contributed by atoms with E-state index >= 15 is 0 Å². The summed E-state index contributed by atoms with van der Waals surface area (Å²) in [5, 5.41) is 2.84. The van der Waals surface area contributed by atoms with Gasteiger partial charge in [-0.15, -0.1) is 6.42 Å². The molecule has 0 radical (unpaired) electrons. The van der Waals surface area contributed by atoms with Gasteiger partial charge in [-0.1, -0.05) is 19.3 Å². The second kappa shape index (κ2) is 6.47. The number of terminal acetylenes is 1. The highest BCUT2D eigenvalue weighted by atomic mass is 16.5. The largest absolute Gasteiger partial charge is 0.368 e. The van der Waals surface area contributed by atoms with Crippen LogP contribution in [0.4, 0.5) is 0 Å². The molecule has 0 aromatic carbocycles. The van der Waals surface area contributed by atoms with E-state index in [1.54, 1.807) is 0 Å². The molecule has 1 saturated heterocycles. The smallest absolute Gasteiger partial charge is 0.250 e. The summed E-state index contributed by atoms with van der Waals surface area (Å²) in [6, 6.07) is -0.145. The highest BCUT2D eigenvalue weighted by molar-refractivity contribution is 5.81. The van der Waals surface area contributed by atoms with Crippen molar-refractivity contribution in [2.45, 2.75) is 51.2 Å². The summed E-state index contributed by atoms with van der Waals surface area (Å²) in [4.78, 5) is 11.7. The normalized spacial score (nSPS) is 22.8. The number of carbonyl (C=O) groups is 1. The maximum Gasteiger partial charge on any atom is 0.250 e. The lowest BCUT2D eigenvalue weighted by Crippen LogP contribution is -2.43. The molecule has 2 atom stereocenters. The molecule has 0 aromatic heterocycles. The summed E-state index contributed by atoms with van der Waals surface area (Å²) in [6.45, 7) is 2.74. The van der Waals surface area contributed by atoms with Crippen LogP contribution in [0.25, 0.3) is 0 Å². The Kier molecular flexibility index (Phi) is 5.20. The first-order valence-electron chi connectivity index (χ1n) is 5.66. The van der Waals surface area contributed by atoms with E-state index < -0.39 is 0 Å². The Balaban J connectivity index is 2.36. The van der Waals surface area contributed by atoms with E-state index in [9.17, 15) is 4.79 Å². The molecule has 15 heavy (non-hydrogen) atoms.